The van der Waals surface area contributed by atoms with Crippen LogP contribution in [0.1, 0.15) is 5.56 Å². The Morgan fingerprint density at radius 2 is 1.55 bits per heavy atom. The number of hydrogen-bond acceptors (Lipinski definition) is 1. The SMILES string of the molecule is Cc1ccccc1.O=[P+](O)O. The summed E-state index contributed by atoms with van der Waals surface area (Å²) in [5.41, 5.74) is 1.32. The van der Waals surface area contributed by atoms with Gasteiger partial charge in [0.1, 0.15) is 0 Å². The molecule has 0 radical (unpaired) electrons. The first-order valence-electron chi connectivity index (χ1n) is 2.99. The van der Waals surface area contributed by atoms with Gasteiger partial charge in [0.15, 0.2) is 0 Å². The van der Waals surface area contributed by atoms with Gasteiger partial charge >= 0.3 is 8.25 Å². The molecule has 2 N–H and O–H groups in total. The Labute approximate surface area is 66.3 Å². The van der Waals surface area contributed by atoms with E-state index >= 15 is 0 Å². The van der Waals surface area contributed by atoms with Gasteiger partial charge in [-0.25, -0.2) is 0 Å². The van der Waals surface area contributed by atoms with Crippen molar-refractivity contribution in [3.8, 4) is 0 Å². The van der Waals surface area contributed by atoms with E-state index in [1.807, 2.05) is 18.2 Å². The van der Waals surface area contributed by atoms with E-state index in [0.717, 1.165) is 0 Å². The van der Waals surface area contributed by atoms with Gasteiger partial charge in [-0.3, -0.25) is 0 Å². The van der Waals surface area contributed by atoms with Crippen LogP contribution in [0.5, 0.6) is 0 Å². The molecule has 0 aromatic heterocycles. The molecule has 0 aliphatic carbocycles. The lowest BCUT2D eigenvalue weighted by Crippen LogP contribution is -1.62. The highest BCUT2D eigenvalue weighted by molar-refractivity contribution is 7.30. The predicted molar refractivity (Wildman–Crippen MR) is 43.2 cm³/mol. The van der Waals surface area contributed by atoms with Crippen molar-refractivity contribution in [1.29, 1.82) is 0 Å². The van der Waals surface area contributed by atoms with Crippen LogP contribution in [-0.4, -0.2) is 9.79 Å². The van der Waals surface area contributed by atoms with Crippen molar-refractivity contribution >= 4 is 8.25 Å². The van der Waals surface area contributed by atoms with Crippen LogP contribution in [0.3, 0.4) is 0 Å². The van der Waals surface area contributed by atoms with E-state index in [4.69, 9.17) is 14.4 Å². The smallest absolute Gasteiger partial charge is 0.134 e. The predicted octanol–water partition coefficient (Wildman–Crippen LogP) is 1.62. The Morgan fingerprint density at radius 1 is 1.18 bits per heavy atom. The third-order valence-corrected chi connectivity index (χ3v) is 0.940. The van der Waals surface area contributed by atoms with E-state index in [1.165, 1.54) is 5.56 Å². The minimum atomic E-state index is -2.87. The Kier molecular flexibility index (Phi) is 5.57. The van der Waals surface area contributed by atoms with Crippen LogP contribution >= 0.6 is 8.25 Å². The van der Waals surface area contributed by atoms with Crippen molar-refractivity contribution in [2.45, 2.75) is 6.92 Å². The summed E-state index contributed by atoms with van der Waals surface area (Å²) in [6.45, 7) is 2.08. The van der Waals surface area contributed by atoms with Crippen LogP contribution in [-0.2, 0) is 4.57 Å². The average Bonchev–Trinajstić information content (AvgIpc) is 1.87. The molecule has 4 heteroatoms. The molecule has 0 bridgehead atoms. The lowest BCUT2D eigenvalue weighted by molar-refractivity contribution is 0.405. The standard InChI is InChI=1S/C7H8.HO3P/c1-7-5-3-2-4-6-7;1-4(2)3/h2-6H,1H3;(H-,1,2,3)/p+1. The number of aryl methyl sites for hydroxylation is 1. The van der Waals surface area contributed by atoms with Gasteiger partial charge < -0.3 is 0 Å². The highest BCUT2D eigenvalue weighted by atomic mass is 31.1. The molecule has 11 heavy (non-hydrogen) atoms. The lowest BCUT2D eigenvalue weighted by atomic mass is 10.2. The monoisotopic (exact) mass is 173 g/mol. The second-order valence-electron chi connectivity index (χ2n) is 1.91. The van der Waals surface area contributed by atoms with Crippen molar-refractivity contribution in [3.05, 3.63) is 35.9 Å². The van der Waals surface area contributed by atoms with E-state index in [2.05, 4.69) is 19.1 Å². The van der Waals surface area contributed by atoms with Crippen molar-refractivity contribution in [2.75, 3.05) is 0 Å². The van der Waals surface area contributed by atoms with Gasteiger partial charge in [0.05, 0.1) is 0 Å². The molecule has 1 aromatic carbocycles. The highest BCUT2D eigenvalue weighted by Crippen LogP contribution is 1.98. The third-order valence-electron chi connectivity index (χ3n) is 0.940. The second-order valence-corrected chi connectivity index (χ2v) is 2.41. The molecule has 60 valence electrons. The summed E-state index contributed by atoms with van der Waals surface area (Å²) in [6.07, 6.45) is 0. The molecule has 0 heterocycles. The molecule has 1 aromatic rings. The zero-order valence-corrected chi connectivity index (χ0v) is 7.03. The maximum atomic E-state index is 8.70. The molecular weight excluding hydrogens is 163 g/mol. The van der Waals surface area contributed by atoms with Crippen molar-refractivity contribution in [2.24, 2.45) is 0 Å². The fraction of sp³-hybridized carbons (Fsp3) is 0.143. The van der Waals surface area contributed by atoms with Gasteiger partial charge in [-0.1, -0.05) is 35.9 Å². The first-order valence-corrected chi connectivity index (χ1v) is 4.16. The van der Waals surface area contributed by atoms with Gasteiger partial charge in [-0.2, -0.15) is 0 Å². The Hall–Kier alpha value is -0.760. The maximum absolute atomic E-state index is 8.70. The van der Waals surface area contributed by atoms with E-state index in [9.17, 15) is 0 Å². The molecule has 0 spiro atoms. The molecule has 0 unspecified atom stereocenters. The van der Waals surface area contributed by atoms with Gasteiger partial charge in [-0.15, -0.1) is 9.79 Å². The van der Waals surface area contributed by atoms with Gasteiger partial charge in [-0.05, 0) is 6.92 Å². The van der Waals surface area contributed by atoms with Crippen LogP contribution in [0, 0.1) is 6.92 Å². The summed E-state index contributed by atoms with van der Waals surface area (Å²) in [7, 11) is -2.87. The molecular formula is C7H10O3P+. The summed E-state index contributed by atoms with van der Waals surface area (Å²) < 4.78 is 8.70. The second kappa shape index (κ2) is 5.98. The largest absolute Gasteiger partial charge is 0.692 e. The topological polar surface area (TPSA) is 57.5 Å². The van der Waals surface area contributed by atoms with Gasteiger partial charge in [0.25, 0.3) is 0 Å². The minimum Gasteiger partial charge on any atom is -0.134 e. The lowest BCUT2D eigenvalue weighted by Gasteiger charge is -1.82. The van der Waals surface area contributed by atoms with Gasteiger partial charge in [0, 0.05) is 4.57 Å². The van der Waals surface area contributed by atoms with Crippen LogP contribution in [0.2, 0.25) is 0 Å². The molecule has 0 saturated carbocycles. The molecule has 0 fully saturated rings. The van der Waals surface area contributed by atoms with Gasteiger partial charge in [0.2, 0.25) is 0 Å². The summed E-state index contributed by atoms with van der Waals surface area (Å²) >= 11 is 0. The minimum absolute atomic E-state index is 1.32. The summed E-state index contributed by atoms with van der Waals surface area (Å²) in [5.74, 6) is 0. The van der Waals surface area contributed by atoms with E-state index in [0.29, 0.717) is 0 Å². The first-order chi connectivity index (χ1) is 5.13. The fourth-order valence-corrected chi connectivity index (χ4v) is 0.534. The quantitative estimate of drug-likeness (QED) is 0.586. The van der Waals surface area contributed by atoms with Crippen molar-refractivity contribution in [3.63, 3.8) is 0 Å². The Bertz CT molecular complexity index is 206. The maximum Gasteiger partial charge on any atom is 0.692 e. The molecule has 3 nitrogen and oxygen atoms in total. The molecule has 1 rings (SSSR count). The number of benzene rings is 1. The van der Waals surface area contributed by atoms with Crippen LogP contribution in [0.4, 0.5) is 0 Å². The Morgan fingerprint density at radius 3 is 1.73 bits per heavy atom. The normalized spacial score (nSPS) is 7.91. The molecule has 0 aliphatic heterocycles. The highest BCUT2D eigenvalue weighted by Gasteiger charge is 1.93. The number of hydrogen-bond donors (Lipinski definition) is 2. The third kappa shape index (κ3) is 9.24. The van der Waals surface area contributed by atoms with Crippen molar-refractivity contribution < 1.29 is 14.4 Å². The molecule has 0 saturated heterocycles. The van der Waals surface area contributed by atoms with E-state index < -0.39 is 8.25 Å². The van der Waals surface area contributed by atoms with E-state index in [-0.39, 0.29) is 0 Å². The van der Waals surface area contributed by atoms with Crippen LogP contribution in [0.15, 0.2) is 30.3 Å². The number of rotatable bonds is 0. The molecule has 0 amide bonds. The molecule has 0 aliphatic rings. The zero-order chi connectivity index (χ0) is 8.69. The summed E-state index contributed by atoms with van der Waals surface area (Å²) in [6, 6.07) is 10.3. The average molecular weight is 173 g/mol. The summed E-state index contributed by atoms with van der Waals surface area (Å²) in [5, 5.41) is 0. The molecule has 0 atom stereocenters. The van der Waals surface area contributed by atoms with Crippen molar-refractivity contribution in [1.82, 2.24) is 0 Å². The Balaban J connectivity index is 0.000000218. The van der Waals surface area contributed by atoms with E-state index in [1.54, 1.807) is 0 Å². The zero-order valence-electron chi connectivity index (χ0n) is 6.14. The first kappa shape index (κ1) is 10.2. The summed E-state index contributed by atoms with van der Waals surface area (Å²) in [4.78, 5) is 14.2. The van der Waals surface area contributed by atoms with Crippen LogP contribution in [0.25, 0.3) is 0 Å². The van der Waals surface area contributed by atoms with Crippen LogP contribution < -0.4 is 0 Å². The fourth-order valence-electron chi connectivity index (χ4n) is 0.534.